The van der Waals surface area contributed by atoms with E-state index in [1.165, 1.54) is 0 Å². The van der Waals surface area contributed by atoms with E-state index in [0.29, 0.717) is 12.3 Å². The molecule has 0 radical (unpaired) electrons. The van der Waals surface area contributed by atoms with Gasteiger partial charge in [0.15, 0.2) is 0 Å². The van der Waals surface area contributed by atoms with Crippen molar-refractivity contribution in [3.05, 3.63) is 48.2 Å². The third-order valence-corrected chi connectivity index (χ3v) is 3.76. The number of aliphatic hydroxyl groups is 1. The second-order valence-corrected chi connectivity index (χ2v) is 5.57. The zero-order valence-electron chi connectivity index (χ0n) is 11.8. The second-order valence-electron chi connectivity index (χ2n) is 5.57. The van der Waals surface area contributed by atoms with Crippen LogP contribution in [0.4, 0.5) is 0 Å². The Kier molecular flexibility index (Phi) is 4.06. The molecule has 3 rings (SSSR count). The van der Waals surface area contributed by atoms with Crippen molar-refractivity contribution in [2.45, 2.75) is 25.4 Å². The highest BCUT2D eigenvalue weighted by Gasteiger charge is 2.24. The summed E-state index contributed by atoms with van der Waals surface area (Å²) in [5, 5.41) is 12.9. The number of furan rings is 1. The van der Waals surface area contributed by atoms with Crippen LogP contribution < -0.4 is 5.32 Å². The largest absolute Gasteiger partial charge is 0.464 e. The van der Waals surface area contributed by atoms with Gasteiger partial charge >= 0.3 is 0 Å². The molecule has 2 aromatic rings. The minimum Gasteiger partial charge on any atom is -0.464 e. The average molecular weight is 285 g/mol. The lowest BCUT2D eigenvalue weighted by Gasteiger charge is -2.12. The first-order valence-electron chi connectivity index (χ1n) is 7.31. The molecule has 1 aliphatic carbocycles. The van der Waals surface area contributed by atoms with Crippen LogP contribution in [0.2, 0.25) is 0 Å². The fourth-order valence-electron chi connectivity index (χ4n) is 2.30. The van der Waals surface area contributed by atoms with Gasteiger partial charge in [-0.1, -0.05) is 24.3 Å². The summed E-state index contributed by atoms with van der Waals surface area (Å²) in [6.07, 6.45) is 3.85. The van der Waals surface area contributed by atoms with E-state index in [9.17, 15) is 9.90 Å². The molecular weight excluding hydrogens is 266 g/mol. The van der Waals surface area contributed by atoms with E-state index in [0.717, 1.165) is 29.7 Å². The van der Waals surface area contributed by atoms with Crippen molar-refractivity contribution in [2.24, 2.45) is 5.92 Å². The van der Waals surface area contributed by atoms with E-state index in [4.69, 9.17) is 4.42 Å². The Morgan fingerprint density at radius 3 is 2.67 bits per heavy atom. The quantitative estimate of drug-likeness (QED) is 0.858. The van der Waals surface area contributed by atoms with E-state index < -0.39 is 6.10 Å². The third kappa shape index (κ3) is 3.73. The normalized spacial score (nSPS) is 15.7. The van der Waals surface area contributed by atoms with E-state index in [1.54, 1.807) is 6.26 Å². The number of benzene rings is 1. The number of carbonyl (C=O) groups excluding carboxylic acids is 1. The summed E-state index contributed by atoms with van der Waals surface area (Å²) in [6.45, 7) is 0.256. The fourth-order valence-corrected chi connectivity index (χ4v) is 2.30. The molecule has 1 aromatic carbocycles. The summed E-state index contributed by atoms with van der Waals surface area (Å²) in [5.41, 5.74) is 1.76. The summed E-state index contributed by atoms with van der Waals surface area (Å²) >= 11 is 0. The molecule has 1 amide bonds. The van der Waals surface area contributed by atoms with Gasteiger partial charge in [0, 0.05) is 18.5 Å². The molecule has 4 heteroatoms. The summed E-state index contributed by atoms with van der Waals surface area (Å²) in [5.74, 6) is 1.40. The lowest BCUT2D eigenvalue weighted by atomic mass is 10.1. The fraction of sp³-hybridized carbons (Fsp3) is 0.353. The molecule has 0 bridgehead atoms. The van der Waals surface area contributed by atoms with Gasteiger partial charge in [-0.2, -0.15) is 0 Å². The standard InChI is InChI=1S/C17H19NO3/c19-15(11-18-17(20)10-12-3-4-12)13-5-7-14(8-6-13)16-2-1-9-21-16/h1-2,5-9,12,15,19H,3-4,10-11H2,(H,18,20)/t15-/m0/s1. The first kappa shape index (κ1) is 13.9. The highest BCUT2D eigenvalue weighted by atomic mass is 16.3. The Balaban J connectivity index is 1.54. The number of rotatable bonds is 6. The Morgan fingerprint density at radius 2 is 2.05 bits per heavy atom. The van der Waals surface area contributed by atoms with Gasteiger partial charge < -0.3 is 14.8 Å². The molecule has 21 heavy (non-hydrogen) atoms. The second kappa shape index (κ2) is 6.14. The van der Waals surface area contributed by atoms with Crippen LogP contribution in [0.15, 0.2) is 47.1 Å². The summed E-state index contributed by atoms with van der Waals surface area (Å²) < 4.78 is 5.32. The third-order valence-electron chi connectivity index (χ3n) is 3.76. The van der Waals surface area contributed by atoms with Crippen LogP contribution >= 0.6 is 0 Å². The average Bonchev–Trinajstić information content (AvgIpc) is 3.15. The number of hydrogen-bond donors (Lipinski definition) is 2. The maximum Gasteiger partial charge on any atom is 0.220 e. The van der Waals surface area contributed by atoms with E-state index >= 15 is 0 Å². The van der Waals surface area contributed by atoms with Crippen LogP contribution in [0.5, 0.6) is 0 Å². The Bertz CT molecular complexity index is 585. The first-order chi connectivity index (χ1) is 10.2. The van der Waals surface area contributed by atoms with E-state index in [2.05, 4.69) is 5.32 Å². The molecule has 1 aliphatic rings. The number of hydrogen-bond acceptors (Lipinski definition) is 3. The molecule has 110 valence electrons. The highest BCUT2D eigenvalue weighted by molar-refractivity contribution is 5.76. The van der Waals surface area contributed by atoms with E-state index in [1.807, 2.05) is 36.4 Å². The predicted octanol–water partition coefficient (Wildman–Crippen LogP) is 2.90. The Labute approximate surface area is 123 Å². The van der Waals surface area contributed by atoms with Crippen LogP contribution in [0, 0.1) is 5.92 Å². The molecule has 0 aliphatic heterocycles. The predicted molar refractivity (Wildman–Crippen MR) is 79.5 cm³/mol. The van der Waals surface area contributed by atoms with Gasteiger partial charge in [0.05, 0.1) is 12.4 Å². The number of nitrogens with one attached hydrogen (secondary N) is 1. The van der Waals surface area contributed by atoms with Crippen LogP contribution in [0.3, 0.4) is 0 Å². The maximum absolute atomic E-state index is 11.6. The molecule has 0 spiro atoms. The lowest BCUT2D eigenvalue weighted by molar-refractivity contribution is -0.121. The summed E-state index contributed by atoms with van der Waals surface area (Å²) in [6, 6.07) is 11.3. The van der Waals surface area contributed by atoms with Gasteiger partial charge in [0.25, 0.3) is 0 Å². The van der Waals surface area contributed by atoms with Gasteiger partial charge in [0.2, 0.25) is 5.91 Å². The van der Waals surface area contributed by atoms with Crippen molar-refractivity contribution in [3.63, 3.8) is 0 Å². The van der Waals surface area contributed by atoms with Crippen LogP contribution in [-0.2, 0) is 4.79 Å². The van der Waals surface area contributed by atoms with Gasteiger partial charge in [-0.3, -0.25) is 4.79 Å². The van der Waals surface area contributed by atoms with E-state index in [-0.39, 0.29) is 12.5 Å². The molecule has 1 heterocycles. The van der Waals surface area contributed by atoms with Crippen LogP contribution in [0.1, 0.15) is 30.9 Å². The van der Waals surface area contributed by atoms with Gasteiger partial charge in [-0.15, -0.1) is 0 Å². The minimum atomic E-state index is -0.682. The molecule has 1 aromatic heterocycles. The van der Waals surface area contributed by atoms with Crippen LogP contribution in [0.25, 0.3) is 11.3 Å². The Morgan fingerprint density at radius 1 is 1.29 bits per heavy atom. The van der Waals surface area contributed by atoms with Crippen molar-refractivity contribution in [2.75, 3.05) is 6.54 Å². The minimum absolute atomic E-state index is 0.0313. The maximum atomic E-state index is 11.6. The monoisotopic (exact) mass is 285 g/mol. The smallest absolute Gasteiger partial charge is 0.220 e. The zero-order valence-corrected chi connectivity index (χ0v) is 11.8. The van der Waals surface area contributed by atoms with Gasteiger partial charge in [0.1, 0.15) is 5.76 Å². The van der Waals surface area contributed by atoms with Gasteiger partial charge in [-0.25, -0.2) is 0 Å². The molecule has 0 saturated heterocycles. The number of carbonyl (C=O) groups is 1. The van der Waals surface area contributed by atoms with Crippen LogP contribution in [-0.4, -0.2) is 17.6 Å². The molecule has 1 fully saturated rings. The SMILES string of the molecule is O=C(CC1CC1)NC[C@H](O)c1ccc(-c2ccco2)cc1. The molecule has 0 unspecified atom stereocenters. The van der Waals surface area contributed by atoms with Crippen molar-refractivity contribution in [1.29, 1.82) is 0 Å². The molecule has 4 nitrogen and oxygen atoms in total. The van der Waals surface area contributed by atoms with Crippen molar-refractivity contribution in [3.8, 4) is 11.3 Å². The summed E-state index contributed by atoms with van der Waals surface area (Å²) in [4.78, 5) is 11.6. The molecule has 1 atom stereocenters. The lowest BCUT2D eigenvalue weighted by Crippen LogP contribution is -2.28. The first-order valence-corrected chi connectivity index (χ1v) is 7.31. The van der Waals surface area contributed by atoms with Crippen molar-refractivity contribution in [1.82, 2.24) is 5.32 Å². The van der Waals surface area contributed by atoms with Gasteiger partial charge in [-0.05, 0) is 36.5 Å². The van der Waals surface area contributed by atoms with Crippen molar-refractivity contribution < 1.29 is 14.3 Å². The zero-order chi connectivity index (χ0) is 14.7. The summed E-state index contributed by atoms with van der Waals surface area (Å²) in [7, 11) is 0. The number of aliphatic hydroxyl groups excluding tert-OH is 1. The topological polar surface area (TPSA) is 62.5 Å². The molecular formula is C17H19NO3. The van der Waals surface area contributed by atoms with Crippen molar-refractivity contribution >= 4 is 5.91 Å². The Hall–Kier alpha value is -2.07. The number of amides is 1. The molecule has 1 saturated carbocycles. The molecule has 2 N–H and O–H groups in total. The highest BCUT2D eigenvalue weighted by Crippen LogP contribution is 2.32.